The van der Waals surface area contributed by atoms with Crippen LogP contribution in [0.25, 0.3) is 10.9 Å². The van der Waals surface area contributed by atoms with Gasteiger partial charge in [0.15, 0.2) is 0 Å². The van der Waals surface area contributed by atoms with Gasteiger partial charge in [0.25, 0.3) is 0 Å². The van der Waals surface area contributed by atoms with Crippen molar-refractivity contribution in [1.29, 1.82) is 0 Å². The molecule has 0 aliphatic rings. The van der Waals surface area contributed by atoms with Crippen molar-refractivity contribution in [2.75, 3.05) is 7.11 Å². The molecule has 3 aromatic rings. The second-order valence-corrected chi connectivity index (χ2v) is 6.16. The Bertz CT molecular complexity index is 869. The molecule has 0 radical (unpaired) electrons. The number of hydrogen-bond acceptors (Lipinski definition) is 2. The Balaban J connectivity index is 1.68. The molecule has 0 spiro atoms. The summed E-state index contributed by atoms with van der Waals surface area (Å²) in [6, 6.07) is 13.3. The van der Waals surface area contributed by atoms with E-state index in [1.807, 2.05) is 49.4 Å². The van der Waals surface area contributed by atoms with E-state index in [1.165, 1.54) is 0 Å². The van der Waals surface area contributed by atoms with E-state index >= 15 is 0 Å². The molecule has 2 N–H and O–H groups in total. The smallest absolute Gasteiger partial charge is 0.224 e. The second-order valence-electron chi connectivity index (χ2n) is 5.72. The van der Waals surface area contributed by atoms with Gasteiger partial charge in [0.05, 0.1) is 13.5 Å². The summed E-state index contributed by atoms with van der Waals surface area (Å²) in [5.41, 5.74) is 4.00. The number of hydrogen-bond donors (Lipinski definition) is 2. The molecule has 0 unspecified atom stereocenters. The van der Waals surface area contributed by atoms with Crippen molar-refractivity contribution in [1.82, 2.24) is 10.3 Å². The lowest BCUT2D eigenvalue weighted by Crippen LogP contribution is -2.24. The van der Waals surface area contributed by atoms with Gasteiger partial charge in [-0.15, -0.1) is 0 Å². The molecule has 124 valence electrons. The third kappa shape index (κ3) is 3.54. The van der Waals surface area contributed by atoms with Crippen molar-refractivity contribution in [3.63, 3.8) is 0 Å². The molecule has 0 bridgehead atoms. The van der Waals surface area contributed by atoms with Crippen LogP contribution in [0.3, 0.4) is 0 Å². The van der Waals surface area contributed by atoms with Gasteiger partial charge in [-0.3, -0.25) is 4.79 Å². The summed E-state index contributed by atoms with van der Waals surface area (Å²) in [6.45, 7) is 2.46. The zero-order valence-corrected chi connectivity index (χ0v) is 14.4. The SMILES string of the molecule is COc1ccc(CNC(=O)Cc2c(C)[nH]c3ccc(Cl)cc23)cc1. The van der Waals surface area contributed by atoms with Gasteiger partial charge in [-0.25, -0.2) is 0 Å². The molecule has 3 rings (SSSR count). The van der Waals surface area contributed by atoms with Crippen LogP contribution in [0.2, 0.25) is 5.02 Å². The van der Waals surface area contributed by atoms with E-state index in [-0.39, 0.29) is 5.91 Å². The Kier molecular flexibility index (Phi) is 4.76. The van der Waals surface area contributed by atoms with Crippen LogP contribution in [0.1, 0.15) is 16.8 Å². The maximum absolute atomic E-state index is 12.3. The summed E-state index contributed by atoms with van der Waals surface area (Å²) in [7, 11) is 1.63. The first-order valence-electron chi connectivity index (χ1n) is 7.73. The fourth-order valence-electron chi connectivity index (χ4n) is 2.75. The number of amides is 1. The minimum absolute atomic E-state index is 0.0187. The first-order valence-corrected chi connectivity index (χ1v) is 8.11. The third-order valence-corrected chi connectivity index (χ3v) is 4.30. The van der Waals surface area contributed by atoms with Crippen molar-refractivity contribution in [3.05, 3.63) is 64.3 Å². The molecular weight excluding hydrogens is 324 g/mol. The predicted octanol–water partition coefficient (Wildman–Crippen LogP) is 4.00. The van der Waals surface area contributed by atoms with Crippen LogP contribution >= 0.6 is 11.6 Å². The van der Waals surface area contributed by atoms with Gasteiger partial charge in [0.1, 0.15) is 5.75 Å². The number of halogens is 1. The van der Waals surface area contributed by atoms with Gasteiger partial charge in [0, 0.05) is 28.2 Å². The maximum Gasteiger partial charge on any atom is 0.224 e. The van der Waals surface area contributed by atoms with Gasteiger partial charge in [0.2, 0.25) is 5.91 Å². The first kappa shape index (κ1) is 16.4. The van der Waals surface area contributed by atoms with Gasteiger partial charge in [-0.05, 0) is 48.4 Å². The summed E-state index contributed by atoms with van der Waals surface area (Å²) in [4.78, 5) is 15.6. The van der Waals surface area contributed by atoms with E-state index in [4.69, 9.17) is 16.3 Å². The molecule has 0 saturated heterocycles. The number of aromatic nitrogens is 1. The summed E-state index contributed by atoms with van der Waals surface area (Å²) in [5, 5.41) is 4.62. The molecule has 0 saturated carbocycles. The number of methoxy groups -OCH3 is 1. The zero-order chi connectivity index (χ0) is 17.1. The lowest BCUT2D eigenvalue weighted by Gasteiger charge is -2.07. The highest BCUT2D eigenvalue weighted by atomic mass is 35.5. The number of carbonyl (C=O) groups is 1. The van der Waals surface area contributed by atoms with E-state index in [0.29, 0.717) is 18.0 Å². The molecule has 1 aromatic heterocycles. The number of benzene rings is 2. The summed E-state index contributed by atoms with van der Waals surface area (Å²) < 4.78 is 5.13. The zero-order valence-electron chi connectivity index (χ0n) is 13.7. The Morgan fingerprint density at radius 2 is 1.96 bits per heavy atom. The van der Waals surface area contributed by atoms with Crippen LogP contribution < -0.4 is 10.1 Å². The molecule has 4 nitrogen and oxygen atoms in total. The number of rotatable bonds is 5. The lowest BCUT2D eigenvalue weighted by atomic mass is 10.1. The van der Waals surface area contributed by atoms with Crippen molar-refractivity contribution in [2.24, 2.45) is 0 Å². The van der Waals surface area contributed by atoms with Crippen LogP contribution in [0, 0.1) is 6.92 Å². The molecule has 0 atom stereocenters. The Morgan fingerprint density at radius 3 is 2.67 bits per heavy atom. The molecule has 0 fully saturated rings. The molecule has 5 heteroatoms. The topological polar surface area (TPSA) is 54.1 Å². The summed E-state index contributed by atoms with van der Waals surface area (Å²) in [5.74, 6) is 0.783. The Labute approximate surface area is 145 Å². The maximum atomic E-state index is 12.3. The second kappa shape index (κ2) is 6.97. The summed E-state index contributed by atoms with van der Waals surface area (Å²) >= 11 is 6.08. The van der Waals surface area contributed by atoms with E-state index in [2.05, 4.69) is 10.3 Å². The third-order valence-electron chi connectivity index (χ3n) is 4.07. The van der Waals surface area contributed by atoms with E-state index in [9.17, 15) is 4.79 Å². The molecule has 2 aromatic carbocycles. The largest absolute Gasteiger partial charge is 0.497 e. The lowest BCUT2D eigenvalue weighted by molar-refractivity contribution is -0.120. The van der Waals surface area contributed by atoms with Crippen LogP contribution in [0.15, 0.2) is 42.5 Å². The molecular formula is C19H19ClN2O2. The molecule has 0 aliphatic carbocycles. The Morgan fingerprint density at radius 1 is 1.21 bits per heavy atom. The fourth-order valence-corrected chi connectivity index (χ4v) is 2.92. The van der Waals surface area contributed by atoms with Gasteiger partial charge in [-0.2, -0.15) is 0 Å². The van der Waals surface area contributed by atoms with Crippen LogP contribution in [-0.4, -0.2) is 18.0 Å². The number of nitrogens with one attached hydrogen (secondary N) is 2. The number of aromatic amines is 1. The average Bonchev–Trinajstić information content (AvgIpc) is 2.89. The predicted molar refractivity (Wildman–Crippen MR) is 96.6 cm³/mol. The van der Waals surface area contributed by atoms with Gasteiger partial charge >= 0.3 is 0 Å². The quantitative estimate of drug-likeness (QED) is 0.736. The van der Waals surface area contributed by atoms with E-state index < -0.39 is 0 Å². The first-order chi connectivity index (χ1) is 11.6. The van der Waals surface area contributed by atoms with E-state index in [1.54, 1.807) is 7.11 Å². The highest BCUT2D eigenvalue weighted by Crippen LogP contribution is 2.25. The number of ether oxygens (including phenoxy) is 1. The average molecular weight is 343 g/mol. The van der Waals surface area contributed by atoms with Crippen molar-refractivity contribution in [2.45, 2.75) is 19.9 Å². The molecule has 1 heterocycles. The Hall–Kier alpha value is -2.46. The standard InChI is InChI=1S/C19H19ClN2O2/c1-12-16(17-9-14(20)5-8-18(17)22-12)10-19(23)21-11-13-3-6-15(24-2)7-4-13/h3-9,22H,10-11H2,1-2H3,(H,21,23). The highest BCUT2D eigenvalue weighted by Gasteiger charge is 2.12. The van der Waals surface area contributed by atoms with Crippen molar-refractivity contribution >= 4 is 28.4 Å². The minimum atomic E-state index is -0.0187. The minimum Gasteiger partial charge on any atom is -0.497 e. The summed E-state index contributed by atoms with van der Waals surface area (Å²) in [6.07, 6.45) is 0.322. The van der Waals surface area contributed by atoms with Crippen LogP contribution in [0.4, 0.5) is 0 Å². The molecule has 24 heavy (non-hydrogen) atoms. The molecule has 0 aliphatic heterocycles. The van der Waals surface area contributed by atoms with Crippen LogP contribution in [0.5, 0.6) is 5.75 Å². The normalized spacial score (nSPS) is 10.8. The van der Waals surface area contributed by atoms with Crippen molar-refractivity contribution in [3.8, 4) is 5.75 Å². The number of carbonyl (C=O) groups excluding carboxylic acids is 1. The number of H-pyrrole nitrogens is 1. The van der Waals surface area contributed by atoms with E-state index in [0.717, 1.165) is 33.5 Å². The molecule has 1 amide bonds. The van der Waals surface area contributed by atoms with Gasteiger partial charge in [-0.1, -0.05) is 23.7 Å². The fraction of sp³-hybridized carbons (Fsp3) is 0.211. The van der Waals surface area contributed by atoms with Crippen molar-refractivity contribution < 1.29 is 9.53 Å². The monoisotopic (exact) mass is 342 g/mol. The van der Waals surface area contributed by atoms with Crippen LogP contribution in [-0.2, 0) is 17.8 Å². The highest BCUT2D eigenvalue weighted by molar-refractivity contribution is 6.31. The van der Waals surface area contributed by atoms with Gasteiger partial charge < -0.3 is 15.0 Å². The number of fused-ring (bicyclic) bond motifs is 1. The number of aryl methyl sites for hydroxylation is 1.